The number of ether oxygens (including phenoxy) is 2. The molecule has 0 N–H and O–H groups in total. The Bertz CT molecular complexity index is 760. The van der Waals surface area contributed by atoms with Crippen LogP contribution in [-0.2, 0) is 0 Å². The van der Waals surface area contributed by atoms with E-state index in [1.165, 1.54) is 38.5 Å². The molecule has 1 aromatic carbocycles. The van der Waals surface area contributed by atoms with E-state index in [2.05, 4.69) is 13.8 Å². The molecular formula is C30H46F4O2. The van der Waals surface area contributed by atoms with Crippen LogP contribution in [0.5, 0.6) is 11.5 Å². The lowest BCUT2D eigenvalue weighted by Crippen LogP contribution is -2.38. The minimum Gasteiger partial charge on any atom is -0.485 e. The molecule has 1 unspecified atom stereocenters. The van der Waals surface area contributed by atoms with Crippen LogP contribution in [0.3, 0.4) is 0 Å². The summed E-state index contributed by atoms with van der Waals surface area (Å²) in [4.78, 5) is 0. The molecule has 2 aliphatic rings. The molecule has 2 aliphatic carbocycles. The number of hydrogen-bond donors (Lipinski definition) is 0. The highest BCUT2D eigenvalue weighted by molar-refractivity contribution is 5.35. The third kappa shape index (κ3) is 8.28. The molecule has 0 spiro atoms. The molecule has 0 radical (unpaired) electrons. The summed E-state index contributed by atoms with van der Waals surface area (Å²) in [7, 11) is 0. The Labute approximate surface area is 215 Å². The van der Waals surface area contributed by atoms with Crippen LogP contribution in [0.1, 0.15) is 117 Å². The average molecular weight is 515 g/mol. The third-order valence-electron chi connectivity index (χ3n) is 8.51. The summed E-state index contributed by atoms with van der Waals surface area (Å²) in [6.07, 6.45) is 10.8. The maximum Gasteiger partial charge on any atom is 0.400 e. The first-order valence-electron chi connectivity index (χ1n) is 14.5. The molecule has 2 fully saturated rings. The van der Waals surface area contributed by atoms with Crippen molar-refractivity contribution in [1.82, 2.24) is 0 Å². The van der Waals surface area contributed by atoms with Gasteiger partial charge in [0.05, 0.1) is 12.0 Å². The van der Waals surface area contributed by atoms with Crippen molar-refractivity contribution >= 4 is 0 Å². The first kappa shape index (κ1) is 29.1. The largest absolute Gasteiger partial charge is 0.485 e. The summed E-state index contributed by atoms with van der Waals surface area (Å²) in [5.41, 5.74) is 0. The summed E-state index contributed by atoms with van der Waals surface area (Å²) >= 11 is 0. The maximum atomic E-state index is 15.0. The zero-order valence-corrected chi connectivity index (χ0v) is 22.5. The van der Waals surface area contributed by atoms with Gasteiger partial charge in [0.2, 0.25) is 0 Å². The van der Waals surface area contributed by atoms with Crippen molar-refractivity contribution in [3.8, 4) is 11.5 Å². The summed E-state index contributed by atoms with van der Waals surface area (Å²) < 4.78 is 69.5. The summed E-state index contributed by atoms with van der Waals surface area (Å²) in [6, 6.07) is 1.63. The van der Waals surface area contributed by atoms with E-state index >= 15 is 0 Å². The number of hydrogen-bond acceptors (Lipinski definition) is 2. The highest BCUT2D eigenvalue weighted by atomic mass is 19.3. The number of benzene rings is 1. The molecule has 6 heteroatoms. The molecule has 0 heterocycles. The summed E-state index contributed by atoms with van der Waals surface area (Å²) in [6.45, 7) is 6.11. The number of halogens is 4. The van der Waals surface area contributed by atoms with Crippen molar-refractivity contribution in [3.05, 3.63) is 23.8 Å². The normalized spacial score (nSPS) is 26.0. The second kappa shape index (κ2) is 13.9. The lowest BCUT2D eigenvalue weighted by molar-refractivity contribution is -0.224. The van der Waals surface area contributed by atoms with Gasteiger partial charge in [-0.2, -0.15) is 8.78 Å². The molecule has 206 valence electrons. The smallest absolute Gasteiger partial charge is 0.400 e. The van der Waals surface area contributed by atoms with Crippen molar-refractivity contribution in [3.63, 3.8) is 0 Å². The molecule has 2 saturated carbocycles. The predicted octanol–water partition coefficient (Wildman–Crippen LogP) is 10.1. The van der Waals surface area contributed by atoms with Crippen molar-refractivity contribution in [2.75, 3.05) is 0 Å². The molecule has 3 rings (SSSR count). The summed E-state index contributed by atoms with van der Waals surface area (Å²) in [5, 5.41) is 0. The van der Waals surface area contributed by atoms with E-state index in [1.54, 1.807) is 6.92 Å². The molecule has 0 bridgehead atoms. The quantitative estimate of drug-likeness (QED) is 0.193. The third-order valence-corrected chi connectivity index (χ3v) is 8.51. The lowest BCUT2D eigenvalue weighted by Gasteiger charge is -2.39. The molecule has 36 heavy (non-hydrogen) atoms. The minimum atomic E-state index is -3.46. The molecule has 0 aliphatic heterocycles. The van der Waals surface area contributed by atoms with Gasteiger partial charge in [-0.1, -0.05) is 58.8 Å². The fraction of sp³-hybridized carbons (Fsp3) is 0.800. The van der Waals surface area contributed by atoms with Crippen LogP contribution in [0.25, 0.3) is 0 Å². The van der Waals surface area contributed by atoms with Gasteiger partial charge in [-0.05, 0) is 76.0 Å². The van der Waals surface area contributed by atoms with Crippen molar-refractivity contribution in [2.45, 2.75) is 129 Å². The van der Waals surface area contributed by atoms with Crippen molar-refractivity contribution in [1.29, 1.82) is 0 Å². The number of alkyl halides is 2. The highest BCUT2D eigenvalue weighted by Gasteiger charge is 2.45. The first-order valence-corrected chi connectivity index (χ1v) is 14.5. The zero-order valence-electron chi connectivity index (χ0n) is 22.5. The van der Waals surface area contributed by atoms with Crippen LogP contribution >= 0.6 is 0 Å². The Morgan fingerprint density at radius 2 is 1.42 bits per heavy atom. The van der Waals surface area contributed by atoms with Gasteiger partial charge in [0, 0.05) is 12.1 Å². The standard InChI is InChI=1S/C30H46F4O2/c1-4-6-7-8-10-21(3)35-29-27(31)19-26(20-28(29)32)36-30(33,34)25-17-15-24(16-18-25)23-13-11-22(9-5-2)12-14-23/h19-25H,4-18H2,1-3H3. The van der Waals surface area contributed by atoms with Crippen LogP contribution in [0.4, 0.5) is 17.6 Å². The molecule has 0 aromatic heterocycles. The molecular weight excluding hydrogens is 468 g/mol. The van der Waals surface area contributed by atoms with Gasteiger partial charge in [-0.25, -0.2) is 8.78 Å². The predicted molar refractivity (Wildman–Crippen MR) is 137 cm³/mol. The van der Waals surface area contributed by atoms with Crippen LogP contribution in [0.2, 0.25) is 0 Å². The lowest BCUT2D eigenvalue weighted by atomic mass is 9.68. The highest BCUT2D eigenvalue weighted by Crippen LogP contribution is 2.46. The Morgan fingerprint density at radius 1 is 0.833 bits per heavy atom. The summed E-state index contributed by atoms with van der Waals surface area (Å²) in [5.74, 6) is -1.97. The molecule has 0 amide bonds. The Hall–Kier alpha value is -1.46. The van der Waals surface area contributed by atoms with Crippen LogP contribution in [0.15, 0.2) is 12.1 Å². The van der Waals surface area contributed by atoms with Gasteiger partial charge in [-0.3, -0.25) is 0 Å². The van der Waals surface area contributed by atoms with E-state index in [4.69, 9.17) is 9.47 Å². The Kier molecular flexibility index (Phi) is 11.2. The maximum absolute atomic E-state index is 15.0. The SMILES string of the molecule is CCCCCCC(C)Oc1c(F)cc(OC(F)(F)C2CCC(C3CCC(CCC)CC3)CC2)cc1F. The van der Waals surface area contributed by atoms with Gasteiger partial charge < -0.3 is 9.47 Å². The van der Waals surface area contributed by atoms with E-state index in [0.717, 1.165) is 56.6 Å². The molecule has 1 aromatic rings. The Morgan fingerprint density at radius 3 is 1.97 bits per heavy atom. The number of unbranched alkanes of at least 4 members (excludes halogenated alkanes) is 3. The number of rotatable bonds is 13. The second-order valence-electron chi connectivity index (χ2n) is 11.3. The van der Waals surface area contributed by atoms with Crippen molar-refractivity contribution < 1.29 is 27.0 Å². The van der Waals surface area contributed by atoms with Gasteiger partial charge in [-0.15, -0.1) is 0 Å². The van der Waals surface area contributed by atoms with Gasteiger partial charge in [0.25, 0.3) is 0 Å². The van der Waals surface area contributed by atoms with E-state index in [-0.39, 0.29) is 6.10 Å². The molecule has 2 nitrogen and oxygen atoms in total. The van der Waals surface area contributed by atoms with Gasteiger partial charge >= 0.3 is 6.11 Å². The fourth-order valence-corrected chi connectivity index (χ4v) is 6.35. The fourth-order valence-electron chi connectivity index (χ4n) is 6.35. The van der Waals surface area contributed by atoms with Gasteiger partial charge in [0.1, 0.15) is 5.75 Å². The minimum absolute atomic E-state index is 0.365. The average Bonchev–Trinajstić information content (AvgIpc) is 2.85. The Balaban J connectivity index is 1.50. The van der Waals surface area contributed by atoms with Crippen molar-refractivity contribution in [2.24, 2.45) is 23.7 Å². The molecule has 0 saturated heterocycles. The first-order chi connectivity index (χ1) is 17.2. The zero-order chi connectivity index (χ0) is 26.1. The van der Waals surface area contributed by atoms with E-state index < -0.39 is 35.2 Å². The van der Waals surface area contributed by atoms with Gasteiger partial charge in [0.15, 0.2) is 17.4 Å². The van der Waals surface area contributed by atoms with E-state index in [1.807, 2.05) is 0 Å². The second-order valence-corrected chi connectivity index (χ2v) is 11.3. The van der Waals surface area contributed by atoms with Crippen LogP contribution < -0.4 is 9.47 Å². The topological polar surface area (TPSA) is 18.5 Å². The van der Waals surface area contributed by atoms with E-state index in [0.29, 0.717) is 31.1 Å². The van der Waals surface area contributed by atoms with Crippen LogP contribution in [0, 0.1) is 35.3 Å². The van der Waals surface area contributed by atoms with Crippen LogP contribution in [-0.4, -0.2) is 12.2 Å². The van der Waals surface area contributed by atoms with E-state index in [9.17, 15) is 17.6 Å². The monoisotopic (exact) mass is 514 g/mol. The molecule has 1 atom stereocenters.